The summed E-state index contributed by atoms with van der Waals surface area (Å²) >= 11 is 5.02. The van der Waals surface area contributed by atoms with Crippen molar-refractivity contribution in [2.24, 2.45) is 5.73 Å². The average Bonchev–Trinajstić information content (AvgIpc) is 3.12. The molecule has 2 nitrogen and oxygen atoms in total. The van der Waals surface area contributed by atoms with Crippen LogP contribution >= 0.6 is 27.3 Å². The van der Waals surface area contributed by atoms with Crippen molar-refractivity contribution in [2.45, 2.75) is 25.3 Å². The third-order valence-corrected chi connectivity index (χ3v) is 4.85. The molecule has 1 aliphatic rings. The van der Waals surface area contributed by atoms with Crippen LogP contribution in [0.2, 0.25) is 0 Å². The van der Waals surface area contributed by atoms with Gasteiger partial charge in [-0.3, -0.25) is 0 Å². The van der Waals surface area contributed by atoms with Crippen LogP contribution in [-0.4, -0.2) is 4.98 Å². The third kappa shape index (κ3) is 2.22. The van der Waals surface area contributed by atoms with E-state index in [1.54, 1.807) is 17.4 Å². The summed E-state index contributed by atoms with van der Waals surface area (Å²) < 4.78 is 14.2. The molecule has 0 spiro atoms. The molecule has 3 rings (SSSR count). The van der Waals surface area contributed by atoms with E-state index in [0.29, 0.717) is 12.5 Å². The molecule has 1 aromatic heterocycles. The van der Waals surface area contributed by atoms with Crippen molar-refractivity contribution in [3.05, 3.63) is 39.1 Å². The van der Waals surface area contributed by atoms with Gasteiger partial charge in [-0.25, -0.2) is 9.37 Å². The molecular formula is C13H12BrFN2S. The van der Waals surface area contributed by atoms with E-state index in [4.69, 9.17) is 5.73 Å². The fourth-order valence-electron chi connectivity index (χ4n) is 1.96. The first-order chi connectivity index (χ1) is 8.69. The van der Waals surface area contributed by atoms with Crippen molar-refractivity contribution < 1.29 is 4.39 Å². The summed E-state index contributed by atoms with van der Waals surface area (Å²) in [6.07, 6.45) is 2.39. The molecule has 1 heterocycles. The van der Waals surface area contributed by atoms with Crippen molar-refractivity contribution in [2.75, 3.05) is 0 Å². The zero-order valence-corrected chi connectivity index (χ0v) is 12.0. The number of hydrogen-bond donors (Lipinski definition) is 1. The summed E-state index contributed by atoms with van der Waals surface area (Å²) in [7, 11) is 0. The Hall–Kier alpha value is -0.780. The topological polar surface area (TPSA) is 38.9 Å². The van der Waals surface area contributed by atoms with Gasteiger partial charge in [-0.1, -0.05) is 15.9 Å². The van der Waals surface area contributed by atoms with Gasteiger partial charge in [0.15, 0.2) is 0 Å². The van der Waals surface area contributed by atoms with Gasteiger partial charge in [-0.15, -0.1) is 11.3 Å². The third-order valence-electron chi connectivity index (χ3n) is 3.04. The molecule has 2 N–H and O–H groups in total. The minimum Gasteiger partial charge on any atom is -0.326 e. The van der Waals surface area contributed by atoms with Gasteiger partial charge in [0.2, 0.25) is 0 Å². The van der Waals surface area contributed by atoms with E-state index in [1.165, 1.54) is 25.0 Å². The number of thiazole rings is 1. The fourth-order valence-corrected chi connectivity index (χ4v) is 3.58. The van der Waals surface area contributed by atoms with Gasteiger partial charge in [-0.2, -0.15) is 0 Å². The number of aromatic nitrogens is 1. The Kier molecular flexibility index (Phi) is 3.21. The largest absolute Gasteiger partial charge is 0.326 e. The number of benzene rings is 1. The van der Waals surface area contributed by atoms with Gasteiger partial charge in [0.25, 0.3) is 0 Å². The summed E-state index contributed by atoms with van der Waals surface area (Å²) in [5.41, 5.74) is 7.69. The molecule has 1 aromatic carbocycles. The first-order valence-corrected chi connectivity index (χ1v) is 7.45. The Morgan fingerprint density at radius 3 is 2.89 bits per heavy atom. The Morgan fingerprint density at radius 1 is 1.44 bits per heavy atom. The molecule has 0 amide bonds. The Balaban J connectivity index is 2.08. The molecule has 0 unspecified atom stereocenters. The molecular weight excluding hydrogens is 315 g/mol. The van der Waals surface area contributed by atoms with Crippen molar-refractivity contribution >= 4 is 27.3 Å². The highest BCUT2D eigenvalue weighted by atomic mass is 79.9. The lowest BCUT2D eigenvalue weighted by atomic mass is 10.2. The predicted molar refractivity (Wildman–Crippen MR) is 75.1 cm³/mol. The van der Waals surface area contributed by atoms with Gasteiger partial charge < -0.3 is 5.73 Å². The lowest BCUT2D eigenvalue weighted by Crippen LogP contribution is -1.96. The summed E-state index contributed by atoms with van der Waals surface area (Å²) in [4.78, 5) is 5.79. The Bertz CT molecular complexity index is 593. The SMILES string of the molecule is NCc1sc(-c2cc(F)ccc2Br)nc1C1CC1. The highest BCUT2D eigenvalue weighted by Crippen LogP contribution is 2.44. The van der Waals surface area contributed by atoms with Gasteiger partial charge in [0, 0.05) is 27.4 Å². The fraction of sp³-hybridized carbons (Fsp3) is 0.308. The van der Waals surface area contributed by atoms with Crippen LogP contribution in [0.4, 0.5) is 4.39 Å². The molecule has 1 aliphatic carbocycles. The minimum absolute atomic E-state index is 0.245. The minimum atomic E-state index is -0.245. The molecule has 2 aromatic rings. The maximum Gasteiger partial charge on any atom is 0.125 e. The zero-order valence-electron chi connectivity index (χ0n) is 9.62. The van der Waals surface area contributed by atoms with Crippen LogP contribution in [0.1, 0.15) is 29.3 Å². The second-order valence-corrected chi connectivity index (χ2v) is 6.37. The highest BCUT2D eigenvalue weighted by molar-refractivity contribution is 9.10. The van der Waals surface area contributed by atoms with Gasteiger partial charge in [0.1, 0.15) is 10.8 Å². The standard InChI is InChI=1S/C13H12BrFN2S/c14-10-4-3-8(15)5-9(10)13-17-12(7-1-2-7)11(6-16)18-13/h3-5,7H,1-2,6,16H2. The van der Waals surface area contributed by atoms with E-state index in [2.05, 4.69) is 20.9 Å². The highest BCUT2D eigenvalue weighted by Gasteiger charge is 2.29. The molecule has 1 saturated carbocycles. The maximum absolute atomic E-state index is 13.3. The average molecular weight is 327 g/mol. The van der Waals surface area contributed by atoms with Crippen molar-refractivity contribution in [1.29, 1.82) is 0 Å². The summed E-state index contributed by atoms with van der Waals surface area (Å²) in [6, 6.07) is 4.66. The second-order valence-electron chi connectivity index (χ2n) is 4.43. The van der Waals surface area contributed by atoms with E-state index < -0.39 is 0 Å². The molecule has 0 atom stereocenters. The van der Waals surface area contributed by atoms with Crippen LogP contribution < -0.4 is 5.73 Å². The molecule has 1 fully saturated rings. The summed E-state index contributed by atoms with van der Waals surface area (Å²) in [5.74, 6) is 0.326. The lowest BCUT2D eigenvalue weighted by molar-refractivity contribution is 0.628. The molecule has 0 bridgehead atoms. The molecule has 18 heavy (non-hydrogen) atoms. The van der Waals surface area contributed by atoms with Crippen LogP contribution in [-0.2, 0) is 6.54 Å². The number of nitrogens with zero attached hydrogens (tertiary/aromatic N) is 1. The zero-order chi connectivity index (χ0) is 12.7. The van der Waals surface area contributed by atoms with Crippen LogP contribution in [0.25, 0.3) is 10.6 Å². The number of rotatable bonds is 3. The lowest BCUT2D eigenvalue weighted by Gasteiger charge is -2.00. The van der Waals surface area contributed by atoms with E-state index in [0.717, 1.165) is 25.6 Å². The molecule has 0 radical (unpaired) electrons. The molecule has 94 valence electrons. The number of halogens is 2. The molecule has 0 aliphatic heterocycles. The summed E-state index contributed by atoms with van der Waals surface area (Å²) in [6.45, 7) is 0.510. The van der Waals surface area contributed by atoms with Crippen molar-refractivity contribution in [3.63, 3.8) is 0 Å². The monoisotopic (exact) mass is 326 g/mol. The molecule has 5 heteroatoms. The number of nitrogens with two attached hydrogens (primary N) is 1. The summed E-state index contributed by atoms with van der Waals surface area (Å²) in [5, 5.41) is 0.851. The van der Waals surface area contributed by atoms with Crippen LogP contribution in [0.5, 0.6) is 0 Å². The Labute approximate surface area is 117 Å². The predicted octanol–water partition coefficient (Wildman–Crippen LogP) is 4.05. The maximum atomic E-state index is 13.3. The van der Waals surface area contributed by atoms with Crippen molar-refractivity contribution in [3.8, 4) is 10.6 Å². The first kappa shape index (κ1) is 12.3. The molecule has 0 saturated heterocycles. The van der Waals surface area contributed by atoms with E-state index in [9.17, 15) is 4.39 Å². The Morgan fingerprint density at radius 2 is 2.22 bits per heavy atom. The number of hydrogen-bond acceptors (Lipinski definition) is 3. The van der Waals surface area contributed by atoms with Gasteiger partial charge in [-0.05, 0) is 31.0 Å². The van der Waals surface area contributed by atoms with E-state index in [1.807, 2.05) is 0 Å². The van der Waals surface area contributed by atoms with E-state index >= 15 is 0 Å². The smallest absolute Gasteiger partial charge is 0.125 e. The quantitative estimate of drug-likeness (QED) is 0.924. The van der Waals surface area contributed by atoms with Gasteiger partial charge >= 0.3 is 0 Å². The van der Waals surface area contributed by atoms with Crippen LogP contribution in [0.3, 0.4) is 0 Å². The van der Waals surface area contributed by atoms with E-state index in [-0.39, 0.29) is 5.82 Å². The van der Waals surface area contributed by atoms with Crippen LogP contribution in [0.15, 0.2) is 22.7 Å². The first-order valence-electron chi connectivity index (χ1n) is 5.84. The van der Waals surface area contributed by atoms with Crippen LogP contribution in [0, 0.1) is 5.82 Å². The van der Waals surface area contributed by atoms with Gasteiger partial charge in [0.05, 0.1) is 5.69 Å². The normalized spacial score (nSPS) is 15.1. The second kappa shape index (κ2) is 4.72. The van der Waals surface area contributed by atoms with Crippen molar-refractivity contribution in [1.82, 2.24) is 4.98 Å².